The standard InChI is InChI=1S/C19H21FN2O4S/c1-13-5-10-16(26-2)12-18(13)27(24,25)22-11-3-4-17(22)19(23)21-15-8-6-14(20)7-9-15/h5-10,12,17H,3-4,11H2,1-2H3,(H,21,23)/t17-/m1/s1. The molecule has 8 heteroatoms. The first kappa shape index (κ1) is 19.3. The van der Waals surface area contributed by atoms with Gasteiger partial charge in [-0.2, -0.15) is 4.31 Å². The Labute approximate surface area is 158 Å². The molecule has 1 saturated heterocycles. The van der Waals surface area contributed by atoms with Gasteiger partial charge < -0.3 is 10.1 Å². The lowest BCUT2D eigenvalue weighted by atomic mass is 10.2. The molecule has 0 aromatic heterocycles. The smallest absolute Gasteiger partial charge is 0.244 e. The van der Waals surface area contributed by atoms with Crippen molar-refractivity contribution in [1.82, 2.24) is 4.31 Å². The summed E-state index contributed by atoms with van der Waals surface area (Å²) in [6.45, 7) is 1.97. The number of nitrogens with zero attached hydrogens (tertiary/aromatic N) is 1. The van der Waals surface area contributed by atoms with Crippen LogP contribution in [0.4, 0.5) is 10.1 Å². The summed E-state index contributed by atoms with van der Waals surface area (Å²) in [5.74, 6) is -0.402. The van der Waals surface area contributed by atoms with Crippen LogP contribution in [0.2, 0.25) is 0 Å². The quantitative estimate of drug-likeness (QED) is 0.849. The van der Waals surface area contributed by atoms with Gasteiger partial charge in [0.25, 0.3) is 0 Å². The van der Waals surface area contributed by atoms with Gasteiger partial charge in [-0.15, -0.1) is 0 Å². The Bertz CT molecular complexity index is 945. The number of hydrogen-bond donors (Lipinski definition) is 1. The summed E-state index contributed by atoms with van der Waals surface area (Å²) in [4.78, 5) is 12.8. The minimum Gasteiger partial charge on any atom is -0.497 e. The third-order valence-electron chi connectivity index (χ3n) is 4.60. The Morgan fingerprint density at radius 2 is 1.93 bits per heavy atom. The van der Waals surface area contributed by atoms with Gasteiger partial charge in [0.05, 0.1) is 12.0 Å². The average Bonchev–Trinajstić information content (AvgIpc) is 3.15. The van der Waals surface area contributed by atoms with E-state index in [-0.39, 0.29) is 11.4 Å². The number of rotatable bonds is 5. The van der Waals surface area contributed by atoms with Gasteiger partial charge in [0, 0.05) is 18.3 Å². The summed E-state index contributed by atoms with van der Waals surface area (Å²) in [6.07, 6.45) is 1.01. The van der Waals surface area contributed by atoms with Gasteiger partial charge in [-0.25, -0.2) is 12.8 Å². The van der Waals surface area contributed by atoms with Crippen LogP contribution in [0.25, 0.3) is 0 Å². The number of amides is 1. The average molecular weight is 392 g/mol. The van der Waals surface area contributed by atoms with Crippen LogP contribution < -0.4 is 10.1 Å². The summed E-state index contributed by atoms with van der Waals surface area (Å²) < 4.78 is 45.7. The lowest BCUT2D eigenvalue weighted by molar-refractivity contribution is -0.119. The summed E-state index contributed by atoms with van der Waals surface area (Å²) in [5.41, 5.74) is 1.00. The molecule has 1 amide bonds. The van der Waals surface area contributed by atoms with E-state index in [1.165, 1.54) is 41.7 Å². The van der Waals surface area contributed by atoms with Crippen molar-refractivity contribution >= 4 is 21.6 Å². The Balaban J connectivity index is 1.86. The number of methoxy groups -OCH3 is 1. The van der Waals surface area contributed by atoms with Crippen molar-refractivity contribution in [3.05, 3.63) is 53.8 Å². The fourth-order valence-electron chi connectivity index (χ4n) is 3.16. The van der Waals surface area contributed by atoms with E-state index in [0.717, 1.165) is 0 Å². The number of nitrogens with one attached hydrogen (secondary N) is 1. The molecule has 144 valence electrons. The van der Waals surface area contributed by atoms with Crippen LogP contribution in [0.3, 0.4) is 0 Å². The fourth-order valence-corrected chi connectivity index (χ4v) is 5.06. The van der Waals surface area contributed by atoms with Crippen molar-refractivity contribution < 1.29 is 22.3 Å². The maximum Gasteiger partial charge on any atom is 0.244 e. The zero-order chi connectivity index (χ0) is 19.6. The summed E-state index contributed by atoms with van der Waals surface area (Å²) in [6, 6.07) is 9.37. The molecule has 1 fully saturated rings. The van der Waals surface area contributed by atoms with E-state index in [1.807, 2.05) is 0 Å². The fraction of sp³-hybridized carbons (Fsp3) is 0.316. The van der Waals surface area contributed by atoms with Crippen LogP contribution in [0.1, 0.15) is 18.4 Å². The molecule has 2 aromatic carbocycles. The second-order valence-corrected chi connectivity index (χ2v) is 8.26. The van der Waals surface area contributed by atoms with Crippen molar-refractivity contribution in [3.63, 3.8) is 0 Å². The largest absolute Gasteiger partial charge is 0.497 e. The van der Waals surface area contributed by atoms with Crippen LogP contribution in [-0.2, 0) is 14.8 Å². The second kappa shape index (κ2) is 7.66. The number of sulfonamides is 1. The third-order valence-corrected chi connectivity index (χ3v) is 6.65. The zero-order valence-corrected chi connectivity index (χ0v) is 15.9. The van der Waals surface area contributed by atoms with Crippen molar-refractivity contribution in [2.45, 2.75) is 30.7 Å². The van der Waals surface area contributed by atoms with E-state index in [0.29, 0.717) is 29.8 Å². The van der Waals surface area contributed by atoms with E-state index in [9.17, 15) is 17.6 Å². The predicted octanol–water partition coefficient (Wildman–Crippen LogP) is 2.93. The topological polar surface area (TPSA) is 75.7 Å². The van der Waals surface area contributed by atoms with Gasteiger partial charge >= 0.3 is 0 Å². The minimum absolute atomic E-state index is 0.128. The van der Waals surface area contributed by atoms with Gasteiger partial charge in [-0.1, -0.05) is 6.07 Å². The predicted molar refractivity (Wildman–Crippen MR) is 99.7 cm³/mol. The van der Waals surface area contributed by atoms with Crippen LogP contribution in [0, 0.1) is 12.7 Å². The van der Waals surface area contributed by atoms with Gasteiger partial charge in [-0.05, 0) is 55.7 Å². The Morgan fingerprint density at radius 3 is 2.59 bits per heavy atom. The highest BCUT2D eigenvalue weighted by atomic mass is 32.2. The lowest BCUT2D eigenvalue weighted by Crippen LogP contribution is -2.43. The molecule has 2 aromatic rings. The van der Waals surface area contributed by atoms with Crippen molar-refractivity contribution in [2.24, 2.45) is 0 Å². The molecule has 0 unspecified atom stereocenters. The number of carbonyl (C=O) groups is 1. The monoisotopic (exact) mass is 392 g/mol. The van der Waals surface area contributed by atoms with Gasteiger partial charge in [0.2, 0.25) is 15.9 Å². The molecule has 0 saturated carbocycles. The summed E-state index contributed by atoms with van der Waals surface area (Å²) >= 11 is 0. The molecule has 1 aliphatic rings. The van der Waals surface area contributed by atoms with Crippen LogP contribution in [-0.4, -0.2) is 38.3 Å². The van der Waals surface area contributed by atoms with Gasteiger partial charge in [-0.3, -0.25) is 4.79 Å². The van der Waals surface area contributed by atoms with Crippen LogP contribution >= 0.6 is 0 Å². The number of halogens is 1. The molecular weight excluding hydrogens is 371 g/mol. The Kier molecular flexibility index (Phi) is 5.48. The number of benzene rings is 2. The minimum atomic E-state index is -3.86. The van der Waals surface area contributed by atoms with E-state index in [4.69, 9.17) is 4.74 Å². The van der Waals surface area contributed by atoms with Crippen molar-refractivity contribution in [3.8, 4) is 5.75 Å². The molecule has 6 nitrogen and oxygen atoms in total. The number of anilines is 1. The van der Waals surface area contributed by atoms with Crippen LogP contribution in [0.5, 0.6) is 5.75 Å². The third kappa shape index (κ3) is 3.96. The van der Waals surface area contributed by atoms with Crippen molar-refractivity contribution in [2.75, 3.05) is 19.0 Å². The highest BCUT2D eigenvalue weighted by Gasteiger charge is 2.40. The molecule has 1 atom stereocenters. The molecule has 1 aliphatic heterocycles. The van der Waals surface area contributed by atoms with E-state index in [1.54, 1.807) is 19.1 Å². The lowest BCUT2D eigenvalue weighted by Gasteiger charge is -2.24. The molecule has 1 N–H and O–H groups in total. The van der Waals surface area contributed by atoms with Crippen molar-refractivity contribution in [1.29, 1.82) is 0 Å². The molecule has 0 bridgehead atoms. The van der Waals surface area contributed by atoms with Gasteiger partial charge in [0.15, 0.2) is 0 Å². The summed E-state index contributed by atoms with van der Waals surface area (Å²) in [5, 5.41) is 2.67. The molecule has 27 heavy (non-hydrogen) atoms. The molecule has 0 aliphatic carbocycles. The molecule has 0 radical (unpaired) electrons. The van der Waals surface area contributed by atoms with E-state index in [2.05, 4.69) is 5.32 Å². The van der Waals surface area contributed by atoms with E-state index >= 15 is 0 Å². The zero-order valence-electron chi connectivity index (χ0n) is 15.1. The second-order valence-electron chi connectivity index (χ2n) is 6.40. The molecule has 3 rings (SSSR count). The first-order valence-electron chi connectivity index (χ1n) is 8.56. The number of ether oxygens (including phenoxy) is 1. The maximum absolute atomic E-state index is 13.2. The van der Waals surface area contributed by atoms with E-state index < -0.39 is 27.8 Å². The first-order chi connectivity index (χ1) is 12.8. The van der Waals surface area contributed by atoms with Crippen LogP contribution in [0.15, 0.2) is 47.4 Å². The molecule has 1 heterocycles. The highest BCUT2D eigenvalue weighted by molar-refractivity contribution is 7.89. The highest BCUT2D eigenvalue weighted by Crippen LogP contribution is 2.30. The summed E-state index contributed by atoms with van der Waals surface area (Å²) in [7, 11) is -2.39. The number of aryl methyl sites for hydroxylation is 1. The normalized spacial score (nSPS) is 17.7. The maximum atomic E-state index is 13.2. The Morgan fingerprint density at radius 1 is 1.22 bits per heavy atom. The number of hydrogen-bond acceptors (Lipinski definition) is 4. The SMILES string of the molecule is COc1ccc(C)c(S(=O)(=O)N2CCC[C@@H]2C(=O)Nc2ccc(F)cc2)c1. The first-order valence-corrected chi connectivity index (χ1v) is 10.00. The Hall–Kier alpha value is -2.45. The number of carbonyl (C=O) groups excluding carboxylic acids is 1. The van der Waals surface area contributed by atoms with Gasteiger partial charge in [0.1, 0.15) is 17.6 Å². The molecule has 0 spiro atoms. The molecular formula is C19H21FN2O4S.